The molecule has 3 aromatic heterocycles. The second-order valence-electron chi connectivity index (χ2n) is 9.15. The van der Waals surface area contributed by atoms with Crippen molar-refractivity contribution in [1.82, 2.24) is 15.0 Å². The number of nitrogens with zero attached hydrogens (tertiary/aromatic N) is 4. The Hall–Kier alpha value is -2.62. The summed E-state index contributed by atoms with van der Waals surface area (Å²) < 4.78 is 0. The van der Waals surface area contributed by atoms with E-state index in [-0.39, 0.29) is 12.6 Å². The fraction of sp³-hybridized carbons (Fsp3) is 0.500. The van der Waals surface area contributed by atoms with E-state index in [4.69, 9.17) is 15.0 Å². The normalized spacial score (nSPS) is 18.2. The molecule has 2 aliphatic rings. The number of allylic oxidation sites excluding steroid dienone is 1. The molecule has 0 radical (unpaired) electrons. The lowest BCUT2D eigenvalue weighted by molar-refractivity contribution is 0.229. The third-order valence-electron chi connectivity index (χ3n) is 6.72. The van der Waals surface area contributed by atoms with Crippen molar-refractivity contribution in [2.45, 2.75) is 72.3 Å². The molecule has 4 heterocycles. The molecule has 198 valence electrons. The fourth-order valence-corrected chi connectivity index (χ4v) is 6.91. The summed E-state index contributed by atoms with van der Waals surface area (Å²) in [4.78, 5) is 21.6. The number of aliphatic imine (C=N–C) groups is 1. The van der Waals surface area contributed by atoms with Crippen LogP contribution in [0.5, 0.6) is 0 Å². The van der Waals surface area contributed by atoms with E-state index in [1.165, 1.54) is 15.3 Å². The Morgan fingerprint density at radius 1 is 1.16 bits per heavy atom. The Morgan fingerprint density at radius 2 is 2.03 bits per heavy atom. The van der Waals surface area contributed by atoms with Crippen LogP contribution in [0.3, 0.4) is 0 Å². The van der Waals surface area contributed by atoms with Crippen LogP contribution in [0.1, 0.15) is 66.7 Å². The van der Waals surface area contributed by atoms with Gasteiger partial charge in [0.2, 0.25) is 5.95 Å². The van der Waals surface area contributed by atoms with Crippen LogP contribution in [-0.2, 0) is 19.3 Å². The molecule has 3 N–H and O–H groups in total. The summed E-state index contributed by atoms with van der Waals surface area (Å²) in [7, 11) is 0. The SMILES string of the molecule is CC.CCc1ccsc1CCNc1nc(C)c(-c2nc3c(s2)CC=CN=C3)c(N[C@H]2CC[C@@H](CO)C2)n1. The van der Waals surface area contributed by atoms with Crippen molar-refractivity contribution in [3.05, 3.63) is 50.4 Å². The minimum absolute atomic E-state index is 0.245. The lowest BCUT2D eigenvalue weighted by Crippen LogP contribution is -2.19. The molecule has 0 saturated heterocycles. The largest absolute Gasteiger partial charge is 0.396 e. The first-order valence-electron chi connectivity index (χ1n) is 13.4. The summed E-state index contributed by atoms with van der Waals surface area (Å²) in [5.41, 5.74) is 4.22. The number of hydrogen-bond acceptors (Lipinski definition) is 9. The highest BCUT2D eigenvalue weighted by Gasteiger charge is 2.27. The molecular weight excluding hydrogens is 500 g/mol. The predicted octanol–water partition coefficient (Wildman–Crippen LogP) is 6.27. The van der Waals surface area contributed by atoms with Crippen LogP contribution in [0.2, 0.25) is 0 Å². The van der Waals surface area contributed by atoms with Gasteiger partial charge in [0.1, 0.15) is 10.8 Å². The van der Waals surface area contributed by atoms with E-state index in [2.05, 4.69) is 40.1 Å². The first kappa shape index (κ1) is 27.4. The predicted molar refractivity (Wildman–Crippen MR) is 157 cm³/mol. The van der Waals surface area contributed by atoms with Crippen molar-refractivity contribution >= 4 is 40.7 Å². The summed E-state index contributed by atoms with van der Waals surface area (Å²) in [5, 5.41) is 19.8. The van der Waals surface area contributed by atoms with Crippen molar-refractivity contribution in [2.24, 2.45) is 10.9 Å². The monoisotopic (exact) mass is 538 g/mol. The number of aliphatic hydroxyl groups excluding tert-OH is 1. The molecule has 37 heavy (non-hydrogen) atoms. The number of anilines is 2. The number of hydrogen-bond donors (Lipinski definition) is 3. The van der Waals surface area contributed by atoms with E-state index in [0.717, 1.165) is 72.8 Å². The molecule has 0 unspecified atom stereocenters. The van der Waals surface area contributed by atoms with Crippen molar-refractivity contribution in [2.75, 3.05) is 23.8 Å². The first-order chi connectivity index (χ1) is 18.1. The second kappa shape index (κ2) is 13.3. The van der Waals surface area contributed by atoms with Crippen molar-refractivity contribution in [3.8, 4) is 10.6 Å². The Kier molecular flexibility index (Phi) is 9.82. The maximum absolute atomic E-state index is 9.61. The maximum atomic E-state index is 9.61. The van der Waals surface area contributed by atoms with Crippen LogP contribution >= 0.6 is 22.7 Å². The van der Waals surface area contributed by atoms with E-state index >= 15 is 0 Å². The summed E-state index contributed by atoms with van der Waals surface area (Å²) in [6.45, 7) is 9.27. The molecule has 5 rings (SSSR count). The summed E-state index contributed by atoms with van der Waals surface area (Å²) in [6, 6.07) is 2.50. The molecule has 1 aliphatic carbocycles. The van der Waals surface area contributed by atoms with Crippen molar-refractivity contribution in [3.63, 3.8) is 0 Å². The number of aryl methyl sites for hydroxylation is 2. The van der Waals surface area contributed by atoms with Gasteiger partial charge >= 0.3 is 0 Å². The summed E-state index contributed by atoms with van der Waals surface area (Å²) >= 11 is 3.50. The van der Waals surface area contributed by atoms with E-state index in [9.17, 15) is 5.11 Å². The van der Waals surface area contributed by atoms with Gasteiger partial charge in [-0.2, -0.15) is 4.98 Å². The first-order valence-corrected chi connectivity index (χ1v) is 15.1. The van der Waals surface area contributed by atoms with Gasteiger partial charge in [0, 0.05) is 41.6 Å². The third-order valence-corrected chi connectivity index (χ3v) is 8.85. The van der Waals surface area contributed by atoms with E-state index in [1.54, 1.807) is 11.3 Å². The molecule has 1 aliphatic heterocycles. The van der Waals surface area contributed by atoms with E-state index in [1.807, 2.05) is 44.5 Å². The third kappa shape index (κ3) is 6.64. The summed E-state index contributed by atoms with van der Waals surface area (Å²) in [6.07, 6.45) is 11.6. The number of thiazole rings is 1. The maximum Gasteiger partial charge on any atom is 0.224 e. The number of nitrogens with one attached hydrogen (secondary N) is 2. The number of fused-ring (bicyclic) bond motifs is 1. The van der Waals surface area contributed by atoms with Gasteiger partial charge in [0.15, 0.2) is 0 Å². The highest BCUT2D eigenvalue weighted by molar-refractivity contribution is 7.15. The zero-order valence-corrected chi connectivity index (χ0v) is 23.9. The highest BCUT2D eigenvalue weighted by atomic mass is 32.1. The lowest BCUT2D eigenvalue weighted by atomic mass is 10.1. The molecule has 3 aromatic rings. The Balaban J connectivity index is 0.00000156. The Labute approximate surface area is 228 Å². The van der Waals surface area contributed by atoms with E-state index in [0.29, 0.717) is 11.9 Å². The minimum atomic E-state index is 0.245. The molecule has 1 saturated carbocycles. The van der Waals surface area contributed by atoms with Gasteiger partial charge in [0.25, 0.3) is 0 Å². The minimum Gasteiger partial charge on any atom is -0.396 e. The van der Waals surface area contributed by atoms with E-state index < -0.39 is 0 Å². The fourth-order valence-electron chi connectivity index (χ4n) is 4.82. The molecule has 0 aromatic carbocycles. The molecule has 0 amide bonds. The van der Waals surface area contributed by atoms with Crippen LogP contribution < -0.4 is 10.6 Å². The molecule has 0 spiro atoms. The van der Waals surface area contributed by atoms with Crippen LogP contribution in [0.15, 0.2) is 28.7 Å². The Bertz CT molecular complexity index is 1230. The van der Waals surface area contributed by atoms with Crippen LogP contribution in [0.4, 0.5) is 11.8 Å². The number of aliphatic hydroxyl groups is 1. The van der Waals surface area contributed by atoms with Crippen LogP contribution in [0.25, 0.3) is 10.6 Å². The quantitative estimate of drug-likeness (QED) is 0.297. The highest BCUT2D eigenvalue weighted by Crippen LogP contribution is 2.37. The zero-order valence-electron chi connectivity index (χ0n) is 22.3. The standard InChI is InChI=1S/C26H32N6OS2.C2H6/c1-3-18-9-12-34-21(18)8-11-28-26-29-16(2)23(24(32-26)30-19-7-6-17(13-19)15-33)25-31-20-14-27-10-4-5-22(20)35-25;1-2/h4,9-10,12,14,17,19,33H,3,5-8,11,13,15H2,1-2H3,(H2,28,29,30,32);1-2H3/t17-,19+;/m1./s1. The van der Waals surface area contributed by atoms with Gasteiger partial charge in [0.05, 0.1) is 23.2 Å². The smallest absolute Gasteiger partial charge is 0.224 e. The van der Waals surface area contributed by atoms with Crippen LogP contribution in [-0.4, -0.2) is 45.5 Å². The van der Waals surface area contributed by atoms with Crippen molar-refractivity contribution < 1.29 is 5.11 Å². The molecular formula is C28H38N6OS2. The van der Waals surface area contributed by atoms with Gasteiger partial charge < -0.3 is 15.7 Å². The average molecular weight is 539 g/mol. The van der Waals surface area contributed by atoms with Gasteiger partial charge in [-0.1, -0.05) is 26.8 Å². The van der Waals surface area contributed by atoms with Gasteiger partial charge in [-0.3, -0.25) is 4.99 Å². The van der Waals surface area contributed by atoms with Crippen molar-refractivity contribution in [1.29, 1.82) is 0 Å². The number of aromatic nitrogens is 3. The van der Waals surface area contributed by atoms with Crippen LogP contribution in [0, 0.1) is 12.8 Å². The summed E-state index contributed by atoms with van der Waals surface area (Å²) in [5.74, 6) is 1.82. The van der Waals surface area contributed by atoms with Gasteiger partial charge in [-0.25, -0.2) is 9.97 Å². The topological polar surface area (TPSA) is 95.3 Å². The molecule has 7 nitrogen and oxygen atoms in total. The lowest BCUT2D eigenvalue weighted by Gasteiger charge is -2.18. The zero-order chi connectivity index (χ0) is 26.2. The molecule has 1 fully saturated rings. The number of thiophene rings is 1. The molecule has 9 heteroatoms. The molecule has 0 bridgehead atoms. The second-order valence-corrected chi connectivity index (χ2v) is 11.2. The van der Waals surface area contributed by atoms with Gasteiger partial charge in [-0.05, 0) is 62.0 Å². The average Bonchev–Trinajstić information content (AvgIpc) is 3.62. The van der Waals surface area contributed by atoms with Gasteiger partial charge in [-0.15, -0.1) is 22.7 Å². The Morgan fingerprint density at radius 3 is 2.81 bits per heavy atom. The number of rotatable bonds is 9. The molecule has 2 atom stereocenters.